The lowest BCUT2D eigenvalue weighted by Gasteiger charge is -2.30. The summed E-state index contributed by atoms with van der Waals surface area (Å²) in [6, 6.07) is 7.65. The van der Waals surface area contributed by atoms with Crippen molar-refractivity contribution < 1.29 is 4.79 Å². The maximum Gasteiger partial charge on any atom is 0.270 e. The first kappa shape index (κ1) is 16.2. The molecule has 0 heterocycles. The minimum Gasteiger partial charge on any atom is -0.358 e. The third kappa shape index (κ3) is 4.68. The number of hydrogen-bond acceptors (Lipinski definition) is 2. The van der Waals surface area contributed by atoms with Gasteiger partial charge in [0.2, 0.25) is 0 Å². The van der Waals surface area contributed by atoms with Crippen LogP contribution in [0.2, 0.25) is 0 Å². The summed E-state index contributed by atoms with van der Waals surface area (Å²) in [5, 5.41) is 3.75. The van der Waals surface area contributed by atoms with Crippen molar-refractivity contribution in [2.24, 2.45) is 5.92 Å². The SMILES string of the molecule is C[C@@H]1CCCC[C@@H]1NC(=S)NNC(=O)c1ccccc1Br. The zero-order chi connectivity index (χ0) is 15.2. The van der Waals surface area contributed by atoms with Gasteiger partial charge in [0, 0.05) is 10.5 Å². The number of halogens is 1. The van der Waals surface area contributed by atoms with Crippen LogP contribution in [0.25, 0.3) is 0 Å². The minimum absolute atomic E-state index is 0.219. The molecule has 0 aliphatic heterocycles. The van der Waals surface area contributed by atoms with Crippen molar-refractivity contribution in [1.82, 2.24) is 16.2 Å². The standard InChI is InChI=1S/C15H20BrN3OS/c1-10-6-2-5-9-13(10)17-15(21)19-18-14(20)11-7-3-4-8-12(11)16/h3-4,7-8,10,13H,2,5-6,9H2,1H3,(H,18,20)(H2,17,19,21)/t10-,13+/m1/s1. The van der Waals surface area contributed by atoms with E-state index in [1.165, 1.54) is 19.3 Å². The third-order valence-electron chi connectivity index (χ3n) is 3.84. The van der Waals surface area contributed by atoms with E-state index in [1.54, 1.807) is 6.07 Å². The molecule has 0 aromatic heterocycles. The number of carbonyl (C=O) groups is 1. The summed E-state index contributed by atoms with van der Waals surface area (Å²) < 4.78 is 0.754. The lowest BCUT2D eigenvalue weighted by atomic mass is 9.86. The van der Waals surface area contributed by atoms with Crippen molar-refractivity contribution in [2.45, 2.75) is 38.6 Å². The number of hydrazine groups is 1. The summed E-state index contributed by atoms with van der Waals surface area (Å²) in [5.41, 5.74) is 5.97. The number of rotatable bonds is 2. The third-order valence-corrected chi connectivity index (χ3v) is 4.75. The van der Waals surface area contributed by atoms with Crippen LogP contribution in [0.15, 0.2) is 28.7 Å². The lowest BCUT2D eigenvalue weighted by Crippen LogP contribution is -2.51. The monoisotopic (exact) mass is 369 g/mol. The Kier molecular flexibility index (Phi) is 5.99. The van der Waals surface area contributed by atoms with Crippen molar-refractivity contribution in [1.29, 1.82) is 0 Å². The second-order valence-corrected chi connectivity index (χ2v) is 6.66. The van der Waals surface area contributed by atoms with Crippen LogP contribution < -0.4 is 16.2 Å². The van der Waals surface area contributed by atoms with Gasteiger partial charge in [-0.3, -0.25) is 15.6 Å². The van der Waals surface area contributed by atoms with E-state index in [2.05, 4.69) is 39.0 Å². The molecule has 1 aromatic rings. The first-order chi connectivity index (χ1) is 10.1. The molecule has 3 N–H and O–H groups in total. The molecular formula is C15H20BrN3OS. The quantitative estimate of drug-likeness (QED) is 0.553. The second kappa shape index (κ2) is 7.75. The number of thiocarbonyl (C=S) groups is 1. The van der Waals surface area contributed by atoms with Crippen LogP contribution >= 0.6 is 28.1 Å². The summed E-state index contributed by atoms with van der Waals surface area (Å²) in [4.78, 5) is 12.0. The predicted molar refractivity (Wildman–Crippen MR) is 91.9 cm³/mol. The molecule has 0 radical (unpaired) electrons. The highest BCUT2D eigenvalue weighted by Gasteiger charge is 2.21. The minimum atomic E-state index is -0.219. The average Bonchev–Trinajstić information content (AvgIpc) is 2.48. The molecule has 2 atom stereocenters. The van der Waals surface area contributed by atoms with Crippen LogP contribution in [0.3, 0.4) is 0 Å². The molecule has 0 unspecified atom stereocenters. The van der Waals surface area contributed by atoms with Crippen molar-refractivity contribution in [2.75, 3.05) is 0 Å². The highest BCUT2D eigenvalue weighted by atomic mass is 79.9. The molecule has 4 nitrogen and oxygen atoms in total. The van der Waals surface area contributed by atoms with Crippen LogP contribution in [0.4, 0.5) is 0 Å². The number of nitrogens with one attached hydrogen (secondary N) is 3. The van der Waals surface area contributed by atoms with Gasteiger partial charge in [-0.25, -0.2) is 0 Å². The van der Waals surface area contributed by atoms with Crippen molar-refractivity contribution in [3.8, 4) is 0 Å². The van der Waals surface area contributed by atoms with Crippen molar-refractivity contribution in [3.63, 3.8) is 0 Å². The Hall–Kier alpha value is -1.14. The smallest absolute Gasteiger partial charge is 0.270 e. The van der Waals surface area contributed by atoms with Gasteiger partial charge in [0.1, 0.15) is 0 Å². The number of carbonyl (C=O) groups excluding carboxylic acids is 1. The van der Waals surface area contributed by atoms with E-state index in [4.69, 9.17) is 12.2 Å². The van der Waals surface area contributed by atoms with E-state index in [0.29, 0.717) is 22.6 Å². The molecule has 21 heavy (non-hydrogen) atoms. The van der Waals surface area contributed by atoms with E-state index in [-0.39, 0.29) is 5.91 Å². The summed E-state index contributed by atoms with van der Waals surface area (Å²) in [6.45, 7) is 2.24. The number of amides is 1. The van der Waals surface area contributed by atoms with Gasteiger partial charge in [0.15, 0.2) is 5.11 Å². The van der Waals surface area contributed by atoms with Gasteiger partial charge >= 0.3 is 0 Å². The molecule has 0 bridgehead atoms. The van der Waals surface area contributed by atoms with E-state index in [0.717, 1.165) is 10.9 Å². The van der Waals surface area contributed by atoms with E-state index < -0.39 is 0 Å². The molecular weight excluding hydrogens is 350 g/mol. The van der Waals surface area contributed by atoms with Gasteiger partial charge in [-0.2, -0.15) is 0 Å². The van der Waals surface area contributed by atoms with Crippen LogP contribution in [-0.4, -0.2) is 17.1 Å². The Morgan fingerprint density at radius 1 is 1.24 bits per heavy atom. The van der Waals surface area contributed by atoms with Crippen LogP contribution in [0, 0.1) is 5.92 Å². The fraction of sp³-hybridized carbons (Fsp3) is 0.467. The average molecular weight is 370 g/mol. The molecule has 2 rings (SSSR count). The van der Waals surface area contributed by atoms with Crippen molar-refractivity contribution in [3.05, 3.63) is 34.3 Å². The van der Waals surface area contributed by atoms with Gasteiger partial charge in [0.25, 0.3) is 5.91 Å². The highest BCUT2D eigenvalue weighted by Crippen LogP contribution is 2.23. The first-order valence-electron chi connectivity index (χ1n) is 7.19. The topological polar surface area (TPSA) is 53.2 Å². The molecule has 6 heteroatoms. The van der Waals surface area contributed by atoms with Gasteiger partial charge in [-0.05, 0) is 59.0 Å². The molecule has 1 aliphatic rings. The maximum absolute atomic E-state index is 12.0. The molecule has 1 fully saturated rings. The van der Waals surface area contributed by atoms with Crippen molar-refractivity contribution >= 4 is 39.2 Å². The fourth-order valence-electron chi connectivity index (χ4n) is 2.56. The first-order valence-corrected chi connectivity index (χ1v) is 8.39. The van der Waals surface area contributed by atoms with Gasteiger partial charge in [-0.1, -0.05) is 31.9 Å². The van der Waals surface area contributed by atoms with Crippen LogP contribution in [0.5, 0.6) is 0 Å². The molecule has 114 valence electrons. The Labute approximate surface area is 139 Å². The second-order valence-electron chi connectivity index (χ2n) is 5.40. The molecule has 0 saturated heterocycles. The molecule has 1 amide bonds. The number of benzene rings is 1. The molecule has 1 saturated carbocycles. The van der Waals surface area contributed by atoms with E-state index in [1.807, 2.05) is 18.2 Å². The van der Waals surface area contributed by atoms with Crippen LogP contribution in [0.1, 0.15) is 43.0 Å². The summed E-state index contributed by atoms with van der Waals surface area (Å²) >= 11 is 8.59. The largest absolute Gasteiger partial charge is 0.358 e. The van der Waals surface area contributed by atoms with Gasteiger partial charge in [-0.15, -0.1) is 0 Å². The molecule has 1 aromatic carbocycles. The van der Waals surface area contributed by atoms with E-state index in [9.17, 15) is 4.79 Å². The Morgan fingerprint density at radius 2 is 1.95 bits per heavy atom. The number of hydrogen-bond donors (Lipinski definition) is 3. The maximum atomic E-state index is 12.0. The molecule has 0 spiro atoms. The zero-order valence-corrected chi connectivity index (χ0v) is 14.4. The van der Waals surface area contributed by atoms with Crippen LogP contribution in [-0.2, 0) is 0 Å². The Morgan fingerprint density at radius 3 is 2.67 bits per heavy atom. The van der Waals surface area contributed by atoms with Gasteiger partial charge in [0.05, 0.1) is 5.56 Å². The summed E-state index contributed by atoms with van der Waals surface area (Å²) in [7, 11) is 0. The predicted octanol–water partition coefficient (Wildman–Crippen LogP) is 3.14. The molecule has 1 aliphatic carbocycles. The summed E-state index contributed by atoms with van der Waals surface area (Å²) in [5.74, 6) is 0.390. The normalized spacial score (nSPS) is 21.4. The fourth-order valence-corrected chi connectivity index (χ4v) is 3.23. The Balaban J connectivity index is 1.81. The van der Waals surface area contributed by atoms with Gasteiger partial charge < -0.3 is 5.32 Å². The summed E-state index contributed by atoms with van der Waals surface area (Å²) in [6.07, 6.45) is 4.87. The Bertz CT molecular complexity index is 523. The zero-order valence-electron chi connectivity index (χ0n) is 12.0. The highest BCUT2D eigenvalue weighted by molar-refractivity contribution is 9.10. The van der Waals surface area contributed by atoms with E-state index >= 15 is 0 Å². The lowest BCUT2D eigenvalue weighted by molar-refractivity contribution is 0.0942.